The zero-order chi connectivity index (χ0) is 23.8. The van der Waals surface area contributed by atoms with Crippen LogP contribution in [0.2, 0.25) is 0 Å². The summed E-state index contributed by atoms with van der Waals surface area (Å²) in [6.07, 6.45) is -1.04. The maximum atomic E-state index is 15.3. The molecule has 5 nitrogen and oxygen atoms in total. The van der Waals surface area contributed by atoms with Gasteiger partial charge in [-0.2, -0.15) is 0 Å². The minimum absolute atomic E-state index is 0.0205. The smallest absolute Gasteiger partial charge is 0.225 e. The fraction of sp³-hybridized carbons (Fsp3) is 0.409. The van der Waals surface area contributed by atoms with Crippen molar-refractivity contribution >= 4 is 15.9 Å². The number of alkyl halides is 1. The van der Waals surface area contributed by atoms with Crippen molar-refractivity contribution in [3.8, 4) is 11.1 Å². The predicted octanol–water partition coefficient (Wildman–Crippen LogP) is 3.44. The number of nitrogens with one attached hydrogen (secondary N) is 1. The van der Waals surface area contributed by atoms with E-state index in [9.17, 15) is 26.4 Å². The highest BCUT2D eigenvalue weighted by Crippen LogP contribution is 2.32. The van der Waals surface area contributed by atoms with Crippen LogP contribution < -0.4 is 4.72 Å². The predicted molar refractivity (Wildman–Crippen MR) is 112 cm³/mol. The summed E-state index contributed by atoms with van der Waals surface area (Å²) in [6.45, 7) is 2.91. The van der Waals surface area contributed by atoms with Crippen LogP contribution in [0, 0.1) is 23.4 Å². The van der Waals surface area contributed by atoms with Crippen LogP contribution >= 0.6 is 0 Å². The molecule has 0 unspecified atom stereocenters. The SMILES string of the molecule is CC(C)C(=O)N1C[C@H](F)[C@H](NS(C)(=O)=O)[C@@H]1Cc1cccc(-c2cccc(F)c2F)c1F. The van der Waals surface area contributed by atoms with Crippen LogP contribution in [0.1, 0.15) is 19.4 Å². The van der Waals surface area contributed by atoms with E-state index in [-0.39, 0.29) is 29.7 Å². The lowest BCUT2D eigenvalue weighted by Crippen LogP contribution is -2.50. The summed E-state index contributed by atoms with van der Waals surface area (Å²) in [5.74, 6) is -4.08. The first kappa shape index (κ1) is 24.2. The Labute approximate surface area is 184 Å². The average Bonchev–Trinajstić information content (AvgIpc) is 2.99. The van der Waals surface area contributed by atoms with Crippen molar-refractivity contribution in [1.29, 1.82) is 0 Å². The molecule has 3 rings (SSSR count). The molecule has 0 aromatic heterocycles. The number of halogens is 4. The van der Waals surface area contributed by atoms with Gasteiger partial charge in [0, 0.05) is 17.0 Å². The lowest BCUT2D eigenvalue weighted by atomic mass is 9.95. The van der Waals surface area contributed by atoms with Gasteiger partial charge in [0.15, 0.2) is 11.6 Å². The molecule has 1 aliphatic rings. The Morgan fingerprint density at radius 3 is 2.28 bits per heavy atom. The second-order valence-electron chi connectivity index (χ2n) is 8.23. The number of rotatable bonds is 6. The maximum Gasteiger partial charge on any atom is 0.225 e. The standard InChI is InChI=1S/C22H24F4N2O3S/c1-12(2)22(29)28-11-17(24)21(27-32(3,30)31)18(28)10-13-6-4-7-14(19(13)25)15-8-5-9-16(23)20(15)26/h4-9,12,17-18,21,27H,10-11H2,1-3H3/t17-,18-,21-/m0/s1. The number of nitrogens with zero attached hydrogens (tertiary/aromatic N) is 1. The van der Waals surface area contributed by atoms with Crippen LogP contribution in [0.15, 0.2) is 36.4 Å². The lowest BCUT2D eigenvalue weighted by Gasteiger charge is -2.29. The second-order valence-corrected chi connectivity index (χ2v) is 10.0. The van der Waals surface area contributed by atoms with Crippen molar-refractivity contribution in [3.63, 3.8) is 0 Å². The van der Waals surface area contributed by atoms with Gasteiger partial charge in [0.2, 0.25) is 15.9 Å². The molecule has 1 N–H and O–H groups in total. The van der Waals surface area contributed by atoms with Crippen molar-refractivity contribution in [2.45, 2.75) is 38.5 Å². The van der Waals surface area contributed by atoms with Crippen LogP contribution in [0.25, 0.3) is 11.1 Å². The van der Waals surface area contributed by atoms with Crippen LogP contribution in [0.4, 0.5) is 17.6 Å². The topological polar surface area (TPSA) is 66.5 Å². The Morgan fingerprint density at radius 2 is 1.69 bits per heavy atom. The van der Waals surface area contributed by atoms with Gasteiger partial charge in [-0.1, -0.05) is 44.2 Å². The van der Waals surface area contributed by atoms with E-state index in [2.05, 4.69) is 4.72 Å². The van der Waals surface area contributed by atoms with E-state index < -0.39 is 57.6 Å². The van der Waals surface area contributed by atoms with Gasteiger partial charge in [0.25, 0.3) is 0 Å². The number of carbonyl (C=O) groups excluding carboxylic acids is 1. The van der Waals surface area contributed by atoms with Crippen LogP contribution in [-0.2, 0) is 21.2 Å². The summed E-state index contributed by atoms with van der Waals surface area (Å²) in [5.41, 5.74) is -0.448. The highest BCUT2D eigenvalue weighted by Gasteiger charge is 2.46. The third kappa shape index (κ3) is 4.96. The monoisotopic (exact) mass is 472 g/mol. The van der Waals surface area contributed by atoms with E-state index in [4.69, 9.17) is 0 Å². The van der Waals surface area contributed by atoms with Crippen LogP contribution in [0.5, 0.6) is 0 Å². The number of likely N-dealkylation sites (tertiary alicyclic amines) is 1. The van der Waals surface area contributed by atoms with E-state index in [1.807, 2.05) is 0 Å². The van der Waals surface area contributed by atoms with Crippen molar-refractivity contribution in [2.24, 2.45) is 5.92 Å². The third-order valence-corrected chi connectivity index (χ3v) is 6.15. The molecule has 10 heteroatoms. The summed E-state index contributed by atoms with van der Waals surface area (Å²) in [7, 11) is -3.82. The van der Waals surface area contributed by atoms with Crippen molar-refractivity contribution < 1.29 is 30.8 Å². The first-order chi connectivity index (χ1) is 14.9. The molecule has 174 valence electrons. The molecule has 0 bridgehead atoms. The van der Waals surface area contributed by atoms with Crippen molar-refractivity contribution in [2.75, 3.05) is 12.8 Å². The van der Waals surface area contributed by atoms with E-state index in [0.29, 0.717) is 0 Å². The summed E-state index contributed by atoms with van der Waals surface area (Å²) in [6, 6.07) is 5.23. The number of carbonyl (C=O) groups is 1. The molecule has 1 fully saturated rings. The van der Waals surface area contributed by atoms with Gasteiger partial charge in [0.05, 0.1) is 24.9 Å². The molecule has 3 atom stereocenters. The molecule has 1 aliphatic heterocycles. The van der Waals surface area contributed by atoms with Gasteiger partial charge < -0.3 is 4.90 Å². The second kappa shape index (κ2) is 9.19. The van der Waals surface area contributed by atoms with E-state index in [1.54, 1.807) is 13.8 Å². The van der Waals surface area contributed by atoms with Gasteiger partial charge in [-0.25, -0.2) is 30.7 Å². The van der Waals surface area contributed by atoms with Gasteiger partial charge in [-0.05, 0) is 18.1 Å². The lowest BCUT2D eigenvalue weighted by molar-refractivity contribution is -0.135. The Kier molecular flexibility index (Phi) is 6.94. The van der Waals surface area contributed by atoms with E-state index >= 15 is 4.39 Å². The summed E-state index contributed by atoms with van der Waals surface area (Å²) < 4.78 is 83.8. The molecule has 1 amide bonds. The Balaban J connectivity index is 2.03. The molecule has 0 radical (unpaired) electrons. The minimum atomic E-state index is -3.82. The van der Waals surface area contributed by atoms with Crippen molar-refractivity contribution in [3.05, 3.63) is 59.4 Å². The number of sulfonamides is 1. The highest BCUT2D eigenvalue weighted by atomic mass is 32.2. The van der Waals surface area contributed by atoms with E-state index in [0.717, 1.165) is 12.3 Å². The molecule has 1 saturated heterocycles. The van der Waals surface area contributed by atoms with Gasteiger partial charge in [-0.15, -0.1) is 0 Å². The molecular weight excluding hydrogens is 448 g/mol. The molecule has 2 aromatic carbocycles. The Hall–Kier alpha value is -2.46. The third-order valence-electron chi connectivity index (χ3n) is 5.45. The van der Waals surface area contributed by atoms with Crippen molar-refractivity contribution in [1.82, 2.24) is 9.62 Å². The Bertz CT molecular complexity index is 1120. The number of hydrogen-bond donors (Lipinski definition) is 1. The quantitative estimate of drug-likeness (QED) is 0.655. The molecule has 32 heavy (non-hydrogen) atoms. The minimum Gasteiger partial charge on any atom is -0.334 e. The van der Waals surface area contributed by atoms with Crippen LogP contribution in [-0.4, -0.2) is 50.3 Å². The fourth-order valence-corrected chi connectivity index (χ4v) is 4.78. The molecular formula is C22H24F4N2O3S. The number of hydrogen-bond acceptors (Lipinski definition) is 3. The summed E-state index contributed by atoms with van der Waals surface area (Å²) in [5, 5.41) is 0. The van der Waals surface area contributed by atoms with Gasteiger partial charge >= 0.3 is 0 Å². The number of benzene rings is 2. The molecule has 0 saturated carbocycles. The maximum absolute atomic E-state index is 15.3. The Morgan fingerprint density at radius 1 is 1.09 bits per heavy atom. The first-order valence-electron chi connectivity index (χ1n) is 10.0. The largest absolute Gasteiger partial charge is 0.334 e. The van der Waals surface area contributed by atoms with Gasteiger partial charge in [-0.3, -0.25) is 4.79 Å². The molecule has 1 heterocycles. The van der Waals surface area contributed by atoms with Crippen LogP contribution in [0.3, 0.4) is 0 Å². The van der Waals surface area contributed by atoms with E-state index in [1.165, 1.54) is 35.2 Å². The fourth-order valence-electron chi connectivity index (χ4n) is 3.98. The normalized spacial score (nSPS) is 21.4. The number of amides is 1. The zero-order valence-electron chi connectivity index (χ0n) is 17.8. The summed E-state index contributed by atoms with van der Waals surface area (Å²) in [4.78, 5) is 13.9. The molecule has 0 aliphatic carbocycles. The zero-order valence-corrected chi connectivity index (χ0v) is 18.6. The summed E-state index contributed by atoms with van der Waals surface area (Å²) >= 11 is 0. The highest BCUT2D eigenvalue weighted by molar-refractivity contribution is 7.88. The molecule has 0 spiro atoms. The molecule has 2 aromatic rings. The average molecular weight is 473 g/mol. The first-order valence-corrected chi connectivity index (χ1v) is 11.9. The van der Waals surface area contributed by atoms with Gasteiger partial charge in [0.1, 0.15) is 12.0 Å².